The van der Waals surface area contributed by atoms with Gasteiger partial charge < -0.3 is 9.47 Å². The smallest absolute Gasteiger partial charge is 0.310 e. The van der Waals surface area contributed by atoms with Crippen LogP contribution in [-0.4, -0.2) is 11.6 Å². The number of hydrogen-bond donors (Lipinski definition) is 0. The number of hydrogen-bond acceptors (Lipinski definition) is 3. The van der Waals surface area contributed by atoms with Gasteiger partial charge >= 0.3 is 5.97 Å². The molecule has 3 nitrogen and oxygen atoms in total. The molecule has 3 unspecified atom stereocenters. The average Bonchev–Trinajstić information content (AvgIpc) is 3.09. The van der Waals surface area contributed by atoms with Gasteiger partial charge in [-0.3, -0.25) is 4.79 Å². The molecule has 0 fully saturated rings. The number of allylic oxidation sites excluding steroid dienone is 1. The SMILES string of the molecule is CCCCCC(C)C(C)c1cc(OC(=O)CC)c2c(c1)OC(C)(C)C1=C2C(C)CC1. The highest BCUT2D eigenvalue weighted by Gasteiger charge is 2.41. The van der Waals surface area contributed by atoms with E-state index in [9.17, 15) is 4.79 Å². The summed E-state index contributed by atoms with van der Waals surface area (Å²) in [6, 6.07) is 4.33. The van der Waals surface area contributed by atoms with Gasteiger partial charge in [-0.25, -0.2) is 0 Å². The summed E-state index contributed by atoms with van der Waals surface area (Å²) in [5.41, 5.74) is 4.63. The van der Waals surface area contributed by atoms with E-state index in [1.807, 2.05) is 6.92 Å². The molecule has 1 aliphatic heterocycles. The molecule has 0 amide bonds. The fourth-order valence-electron chi connectivity index (χ4n) is 5.09. The lowest BCUT2D eigenvalue weighted by Gasteiger charge is -2.37. The van der Waals surface area contributed by atoms with Gasteiger partial charge in [-0.1, -0.05) is 60.3 Å². The molecular formula is C27H40O3. The van der Waals surface area contributed by atoms with Crippen molar-refractivity contribution in [1.82, 2.24) is 0 Å². The number of benzene rings is 1. The average molecular weight is 413 g/mol. The van der Waals surface area contributed by atoms with E-state index < -0.39 is 0 Å². The maximum Gasteiger partial charge on any atom is 0.310 e. The molecule has 0 spiro atoms. The van der Waals surface area contributed by atoms with Crippen LogP contribution in [0.4, 0.5) is 0 Å². The highest BCUT2D eigenvalue weighted by Crippen LogP contribution is 2.54. The Balaban J connectivity index is 2.05. The van der Waals surface area contributed by atoms with Crippen molar-refractivity contribution in [2.45, 2.75) is 105 Å². The van der Waals surface area contributed by atoms with Crippen LogP contribution >= 0.6 is 0 Å². The predicted octanol–water partition coefficient (Wildman–Crippen LogP) is 7.68. The standard InChI is InChI=1S/C27H40O3/c1-8-10-11-12-17(3)19(5)20-15-22(29-24(28)9-2)26-23(16-20)30-27(6,7)21-14-13-18(4)25(21)26/h15-19H,8-14H2,1-7H3. The van der Waals surface area contributed by atoms with E-state index in [0.29, 0.717) is 29.9 Å². The Morgan fingerprint density at radius 2 is 1.97 bits per heavy atom. The number of unbranched alkanes of at least 4 members (excludes halogenated alkanes) is 2. The van der Waals surface area contributed by atoms with Crippen LogP contribution < -0.4 is 9.47 Å². The first-order chi connectivity index (χ1) is 14.2. The van der Waals surface area contributed by atoms with Crippen LogP contribution in [0, 0.1) is 11.8 Å². The van der Waals surface area contributed by atoms with E-state index in [-0.39, 0.29) is 11.6 Å². The minimum atomic E-state index is -0.312. The predicted molar refractivity (Wildman–Crippen MR) is 124 cm³/mol. The second-order valence-electron chi connectivity index (χ2n) is 9.93. The molecule has 3 atom stereocenters. The molecule has 0 aromatic heterocycles. The van der Waals surface area contributed by atoms with E-state index in [1.54, 1.807) is 0 Å². The summed E-state index contributed by atoms with van der Waals surface area (Å²) in [5.74, 6) is 2.80. The monoisotopic (exact) mass is 412 g/mol. The van der Waals surface area contributed by atoms with E-state index in [4.69, 9.17) is 9.47 Å². The maximum atomic E-state index is 12.3. The number of carbonyl (C=O) groups excluding carboxylic acids is 1. The molecule has 30 heavy (non-hydrogen) atoms. The lowest BCUT2D eigenvalue weighted by Crippen LogP contribution is -2.34. The fourth-order valence-corrected chi connectivity index (χ4v) is 5.09. The maximum absolute atomic E-state index is 12.3. The molecule has 3 heteroatoms. The Kier molecular flexibility index (Phi) is 6.99. The highest BCUT2D eigenvalue weighted by molar-refractivity contribution is 5.85. The number of ether oxygens (including phenoxy) is 2. The minimum Gasteiger partial charge on any atom is -0.483 e. The van der Waals surface area contributed by atoms with E-state index >= 15 is 0 Å². The molecule has 1 aromatic carbocycles. The molecule has 0 bridgehead atoms. The van der Waals surface area contributed by atoms with Gasteiger partial charge in [0.2, 0.25) is 0 Å². The van der Waals surface area contributed by atoms with Crippen molar-refractivity contribution in [2.24, 2.45) is 11.8 Å². The molecule has 3 rings (SSSR count). The Bertz CT molecular complexity index is 818. The van der Waals surface area contributed by atoms with Gasteiger partial charge in [0.1, 0.15) is 17.1 Å². The molecule has 0 N–H and O–H groups in total. The number of esters is 1. The van der Waals surface area contributed by atoms with Crippen molar-refractivity contribution >= 4 is 11.5 Å². The summed E-state index contributed by atoms with van der Waals surface area (Å²) < 4.78 is 12.5. The van der Waals surface area contributed by atoms with Crippen molar-refractivity contribution in [3.8, 4) is 11.5 Å². The molecule has 1 heterocycles. The van der Waals surface area contributed by atoms with Gasteiger partial charge in [-0.15, -0.1) is 0 Å². The summed E-state index contributed by atoms with van der Waals surface area (Å²) in [5, 5.41) is 0. The Morgan fingerprint density at radius 1 is 1.23 bits per heavy atom. The summed E-state index contributed by atoms with van der Waals surface area (Å²) in [6.07, 6.45) is 7.57. The minimum absolute atomic E-state index is 0.185. The quantitative estimate of drug-likeness (QED) is 0.249. The topological polar surface area (TPSA) is 35.5 Å². The van der Waals surface area contributed by atoms with Crippen molar-refractivity contribution in [1.29, 1.82) is 0 Å². The summed E-state index contributed by atoms with van der Waals surface area (Å²) >= 11 is 0. The van der Waals surface area contributed by atoms with Crippen LogP contribution in [-0.2, 0) is 4.79 Å². The largest absolute Gasteiger partial charge is 0.483 e. The number of rotatable bonds is 8. The van der Waals surface area contributed by atoms with Crippen LogP contribution in [0.25, 0.3) is 5.57 Å². The molecular weight excluding hydrogens is 372 g/mol. The lowest BCUT2D eigenvalue weighted by atomic mass is 9.81. The first-order valence-corrected chi connectivity index (χ1v) is 12.0. The first kappa shape index (κ1) is 22.9. The second-order valence-corrected chi connectivity index (χ2v) is 9.93. The normalized spacial score (nSPS) is 21.5. The van der Waals surface area contributed by atoms with E-state index in [0.717, 1.165) is 24.2 Å². The third kappa shape index (κ3) is 4.45. The zero-order valence-corrected chi connectivity index (χ0v) is 20.1. The zero-order valence-electron chi connectivity index (χ0n) is 20.1. The van der Waals surface area contributed by atoms with Gasteiger partial charge in [0.15, 0.2) is 0 Å². The van der Waals surface area contributed by atoms with Crippen molar-refractivity contribution in [3.63, 3.8) is 0 Å². The molecule has 2 aliphatic rings. The molecule has 1 aromatic rings. The number of fused-ring (bicyclic) bond motifs is 2. The Morgan fingerprint density at radius 3 is 2.63 bits per heavy atom. The second kappa shape index (κ2) is 9.16. The summed E-state index contributed by atoms with van der Waals surface area (Å²) in [6.45, 7) is 15.3. The summed E-state index contributed by atoms with van der Waals surface area (Å²) in [4.78, 5) is 12.3. The van der Waals surface area contributed by atoms with Crippen LogP contribution in [0.2, 0.25) is 0 Å². The van der Waals surface area contributed by atoms with Crippen LogP contribution in [0.5, 0.6) is 11.5 Å². The van der Waals surface area contributed by atoms with Gasteiger partial charge in [0.25, 0.3) is 0 Å². The van der Waals surface area contributed by atoms with E-state index in [1.165, 1.54) is 42.4 Å². The van der Waals surface area contributed by atoms with Gasteiger partial charge in [0.05, 0.1) is 5.56 Å². The third-order valence-corrected chi connectivity index (χ3v) is 7.25. The van der Waals surface area contributed by atoms with Crippen molar-refractivity contribution < 1.29 is 14.3 Å². The van der Waals surface area contributed by atoms with Gasteiger partial charge in [-0.2, -0.15) is 0 Å². The molecule has 0 radical (unpaired) electrons. The van der Waals surface area contributed by atoms with Crippen molar-refractivity contribution in [3.05, 3.63) is 28.8 Å². The lowest BCUT2D eigenvalue weighted by molar-refractivity contribution is -0.134. The Labute approximate surface area is 183 Å². The van der Waals surface area contributed by atoms with Gasteiger partial charge in [0, 0.05) is 6.42 Å². The zero-order chi connectivity index (χ0) is 22.1. The van der Waals surface area contributed by atoms with Crippen LogP contribution in [0.3, 0.4) is 0 Å². The first-order valence-electron chi connectivity index (χ1n) is 12.0. The summed E-state index contributed by atoms with van der Waals surface area (Å²) in [7, 11) is 0. The Hall–Kier alpha value is -1.77. The molecule has 0 saturated heterocycles. The molecule has 166 valence electrons. The molecule has 1 aliphatic carbocycles. The number of carbonyl (C=O) groups is 1. The van der Waals surface area contributed by atoms with Crippen LogP contribution in [0.15, 0.2) is 17.7 Å². The van der Waals surface area contributed by atoms with Crippen molar-refractivity contribution in [2.75, 3.05) is 0 Å². The third-order valence-electron chi connectivity index (χ3n) is 7.25. The molecule has 0 saturated carbocycles. The highest BCUT2D eigenvalue weighted by atomic mass is 16.5. The van der Waals surface area contributed by atoms with Crippen LogP contribution in [0.1, 0.15) is 110 Å². The fraction of sp³-hybridized carbons (Fsp3) is 0.667. The van der Waals surface area contributed by atoms with E-state index in [2.05, 4.69) is 53.7 Å². The van der Waals surface area contributed by atoms with Gasteiger partial charge in [-0.05, 0) is 73.3 Å².